The van der Waals surface area contributed by atoms with E-state index < -0.39 is 22.9 Å². The number of ether oxygens (including phenoxy) is 1. The molecule has 0 heterocycles. The Morgan fingerprint density at radius 1 is 1.12 bits per heavy atom. The molecule has 0 saturated heterocycles. The number of benzene rings is 2. The molecule has 1 amide bonds. The third kappa shape index (κ3) is 4.20. The molecule has 0 spiro atoms. The zero-order valence-electron chi connectivity index (χ0n) is 13.3. The fraction of sp³-hybridized carbons (Fsp3) is 0.222. The molecule has 1 aliphatic carbocycles. The maximum atomic E-state index is 12.4. The molecule has 128 valence electrons. The van der Waals surface area contributed by atoms with E-state index in [0.29, 0.717) is 5.56 Å². The molecule has 1 fully saturated rings. The van der Waals surface area contributed by atoms with Crippen LogP contribution in [-0.2, 0) is 9.53 Å². The number of amides is 1. The zero-order chi connectivity index (χ0) is 17.8. The number of hydrogen-bond donors (Lipinski definition) is 1. The van der Waals surface area contributed by atoms with Gasteiger partial charge in [-0.25, -0.2) is 4.79 Å². The van der Waals surface area contributed by atoms with Gasteiger partial charge in [-0.15, -0.1) is 0 Å². The molecule has 25 heavy (non-hydrogen) atoms. The summed E-state index contributed by atoms with van der Waals surface area (Å²) < 4.78 is 5.37. The first-order valence-electron chi connectivity index (χ1n) is 7.85. The van der Waals surface area contributed by atoms with E-state index in [2.05, 4.69) is 5.32 Å². The molecular formula is C18H16N2O5. The summed E-state index contributed by atoms with van der Waals surface area (Å²) in [7, 11) is 0. The summed E-state index contributed by atoms with van der Waals surface area (Å²) in [6, 6.07) is 14.0. The topological polar surface area (TPSA) is 98.5 Å². The SMILES string of the molecule is O=C(O[C@H](C(=O)NC1CC1)c1ccccc1)c1cccc([N+](=O)[O-])c1. The van der Waals surface area contributed by atoms with Crippen LogP contribution in [0.1, 0.15) is 34.9 Å². The smallest absolute Gasteiger partial charge is 0.339 e. The lowest BCUT2D eigenvalue weighted by Gasteiger charge is -2.18. The van der Waals surface area contributed by atoms with Crippen LogP contribution in [0.4, 0.5) is 5.69 Å². The van der Waals surface area contributed by atoms with Gasteiger partial charge in [-0.3, -0.25) is 14.9 Å². The first-order valence-corrected chi connectivity index (χ1v) is 7.85. The lowest BCUT2D eigenvalue weighted by molar-refractivity contribution is -0.384. The lowest BCUT2D eigenvalue weighted by Crippen LogP contribution is -2.33. The Kier molecular flexibility index (Phi) is 4.74. The number of carbonyl (C=O) groups is 2. The number of nitro groups is 1. The van der Waals surface area contributed by atoms with Gasteiger partial charge >= 0.3 is 5.97 Å². The third-order valence-electron chi connectivity index (χ3n) is 3.78. The normalized spacial score (nSPS) is 14.4. The zero-order valence-corrected chi connectivity index (χ0v) is 13.3. The molecule has 1 saturated carbocycles. The molecule has 0 aromatic heterocycles. The standard InChI is InChI=1S/C18H16N2O5/c21-17(19-14-9-10-14)16(12-5-2-1-3-6-12)25-18(22)13-7-4-8-15(11-13)20(23)24/h1-8,11,14,16H,9-10H2,(H,19,21)/t16-/m0/s1. The van der Waals surface area contributed by atoms with Crippen LogP contribution in [0.3, 0.4) is 0 Å². The molecule has 3 rings (SSSR count). The predicted octanol–water partition coefficient (Wildman–Crippen LogP) is 2.77. The van der Waals surface area contributed by atoms with Crippen LogP contribution < -0.4 is 5.32 Å². The molecular weight excluding hydrogens is 324 g/mol. The van der Waals surface area contributed by atoms with Gasteiger partial charge in [0.15, 0.2) is 0 Å². The summed E-state index contributed by atoms with van der Waals surface area (Å²) in [5.74, 6) is -1.18. The highest BCUT2D eigenvalue weighted by Crippen LogP contribution is 2.24. The molecule has 0 radical (unpaired) electrons. The van der Waals surface area contributed by atoms with Crippen molar-refractivity contribution in [2.24, 2.45) is 0 Å². The quantitative estimate of drug-likeness (QED) is 0.495. The lowest BCUT2D eigenvalue weighted by atomic mass is 10.1. The Morgan fingerprint density at radius 3 is 2.48 bits per heavy atom. The highest BCUT2D eigenvalue weighted by Gasteiger charge is 2.31. The summed E-state index contributed by atoms with van der Waals surface area (Å²) in [5, 5.41) is 13.7. The van der Waals surface area contributed by atoms with Crippen molar-refractivity contribution in [3.63, 3.8) is 0 Å². The van der Waals surface area contributed by atoms with E-state index in [9.17, 15) is 19.7 Å². The van der Waals surface area contributed by atoms with Gasteiger partial charge in [0.1, 0.15) is 0 Å². The molecule has 1 N–H and O–H groups in total. The molecule has 0 bridgehead atoms. The second-order valence-corrected chi connectivity index (χ2v) is 5.79. The minimum Gasteiger partial charge on any atom is -0.444 e. The van der Waals surface area contributed by atoms with Crippen molar-refractivity contribution in [1.29, 1.82) is 0 Å². The van der Waals surface area contributed by atoms with E-state index in [0.717, 1.165) is 18.9 Å². The van der Waals surface area contributed by atoms with Gasteiger partial charge in [-0.05, 0) is 18.9 Å². The van der Waals surface area contributed by atoms with Crippen LogP contribution in [0.5, 0.6) is 0 Å². The summed E-state index contributed by atoms with van der Waals surface area (Å²) in [6.45, 7) is 0. The van der Waals surface area contributed by atoms with Gasteiger partial charge in [0.05, 0.1) is 10.5 Å². The second-order valence-electron chi connectivity index (χ2n) is 5.79. The summed E-state index contributed by atoms with van der Waals surface area (Å²) in [5.41, 5.74) is 0.349. The van der Waals surface area contributed by atoms with E-state index in [1.165, 1.54) is 18.2 Å². The number of rotatable bonds is 6. The minimum atomic E-state index is -1.10. The molecule has 0 unspecified atom stereocenters. The number of carbonyl (C=O) groups excluding carboxylic acids is 2. The van der Waals surface area contributed by atoms with Crippen LogP contribution in [0.25, 0.3) is 0 Å². The summed E-state index contributed by atoms with van der Waals surface area (Å²) in [4.78, 5) is 35.1. The molecule has 2 aromatic rings. The molecule has 1 aliphatic rings. The van der Waals surface area contributed by atoms with Crippen LogP contribution in [0.15, 0.2) is 54.6 Å². The van der Waals surface area contributed by atoms with Crippen molar-refractivity contribution in [3.8, 4) is 0 Å². The van der Waals surface area contributed by atoms with Gasteiger partial charge in [0.25, 0.3) is 11.6 Å². The van der Waals surface area contributed by atoms with Crippen molar-refractivity contribution in [2.75, 3.05) is 0 Å². The van der Waals surface area contributed by atoms with Gasteiger partial charge in [0.2, 0.25) is 6.10 Å². The van der Waals surface area contributed by atoms with Crippen LogP contribution in [0.2, 0.25) is 0 Å². The molecule has 2 aromatic carbocycles. The maximum absolute atomic E-state index is 12.4. The maximum Gasteiger partial charge on any atom is 0.339 e. The van der Waals surface area contributed by atoms with Gasteiger partial charge < -0.3 is 10.1 Å². The average molecular weight is 340 g/mol. The Hall–Kier alpha value is -3.22. The van der Waals surface area contributed by atoms with E-state index in [4.69, 9.17) is 4.74 Å². The Labute approximate surface area is 143 Å². The van der Waals surface area contributed by atoms with Crippen molar-refractivity contribution in [2.45, 2.75) is 25.0 Å². The van der Waals surface area contributed by atoms with Crippen LogP contribution in [0, 0.1) is 10.1 Å². The third-order valence-corrected chi connectivity index (χ3v) is 3.78. The largest absolute Gasteiger partial charge is 0.444 e. The number of non-ortho nitro benzene ring substituents is 1. The van der Waals surface area contributed by atoms with Crippen molar-refractivity contribution in [3.05, 3.63) is 75.8 Å². The number of nitrogens with one attached hydrogen (secondary N) is 1. The fourth-order valence-corrected chi connectivity index (χ4v) is 2.33. The number of nitrogens with zero attached hydrogens (tertiary/aromatic N) is 1. The molecule has 7 nitrogen and oxygen atoms in total. The Morgan fingerprint density at radius 2 is 1.84 bits per heavy atom. The van der Waals surface area contributed by atoms with Gasteiger partial charge in [-0.1, -0.05) is 36.4 Å². The van der Waals surface area contributed by atoms with Crippen molar-refractivity contribution >= 4 is 17.6 Å². The van der Waals surface area contributed by atoms with E-state index in [-0.39, 0.29) is 17.3 Å². The number of esters is 1. The summed E-state index contributed by atoms with van der Waals surface area (Å²) in [6.07, 6.45) is 0.714. The molecule has 1 atom stereocenters. The van der Waals surface area contributed by atoms with Crippen molar-refractivity contribution in [1.82, 2.24) is 5.32 Å². The first-order chi connectivity index (χ1) is 12.0. The Balaban J connectivity index is 1.81. The van der Waals surface area contributed by atoms with Crippen LogP contribution >= 0.6 is 0 Å². The molecule has 7 heteroatoms. The number of nitro benzene ring substituents is 1. The first kappa shape index (κ1) is 16.6. The number of hydrogen-bond acceptors (Lipinski definition) is 5. The van der Waals surface area contributed by atoms with Gasteiger partial charge in [0, 0.05) is 23.7 Å². The monoisotopic (exact) mass is 340 g/mol. The summed E-state index contributed by atoms with van der Waals surface area (Å²) >= 11 is 0. The average Bonchev–Trinajstić information content (AvgIpc) is 3.44. The predicted molar refractivity (Wildman–Crippen MR) is 88.9 cm³/mol. The highest BCUT2D eigenvalue weighted by atomic mass is 16.6. The Bertz CT molecular complexity index is 802. The van der Waals surface area contributed by atoms with Gasteiger partial charge in [-0.2, -0.15) is 0 Å². The van der Waals surface area contributed by atoms with Crippen LogP contribution in [-0.4, -0.2) is 22.8 Å². The minimum absolute atomic E-state index is 0.0225. The van der Waals surface area contributed by atoms with E-state index in [1.807, 2.05) is 0 Å². The molecule has 0 aliphatic heterocycles. The fourth-order valence-electron chi connectivity index (χ4n) is 2.33. The highest BCUT2D eigenvalue weighted by molar-refractivity contribution is 5.93. The van der Waals surface area contributed by atoms with E-state index >= 15 is 0 Å². The van der Waals surface area contributed by atoms with E-state index in [1.54, 1.807) is 30.3 Å². The van der Waals surface area contributed by atoms with Crippen molar-refractivity contribution < 1.29 is 19.2 Å². The second kappa shape index (κ2) is 7.12.